The molecule has 0 aliphatic heterocycles. The highest BCUT2D eigenvalue weighted by Gasteiger charge is 2.12. The van der Waals surface area contributed by atoms with Crippen molar-refractivity contribution in [2.75, 3.05) is 5.75 Å². The number of carboxylic acids is 1. The predicted molar refractivity (Wildman–Crippen MR) is 93.4 cm³/mol. The molecule has 0 saturated carbocycles. The summed E-state index contributed by atoms with van der Waals surface area (Å²) in [5, 5.41) is 13.4. The minimum Gasteiger partial charge on any atom is -0.476 e. The van der Waals surface area contributed by atoms with Crippen molar-refractivity contribution >= 4 is 33.1 Å². The second-order valence-corrected chi connectivity index (χ2v) is 8.48. The third kappa shape index (κ3) is 5.36. The number of carbonyl (C=O) groups excluding carboxylic acids is 1. The molecule has 0 atom stereocenters. The molecule has 1 amide bonds. The lowest BCUT2D eigenvalue weighted by Gasteiger charge is -2.05. The number of hydrogen-bond acceptors (Lipinski definition) is 6. The Morgan fingerprint density at radius 3 is 2.48 bits per heavy atom. The van der Waals surface area contributed by atoms with E-state index in [4.69, 9.17) is 5.11 Å². The van der Waals surface area contributed by atoms with Gasteiger partial charge in [-0.05, 0) is 24.1 Å². The van der Waals surface area contributed by atoms with E-state index in [1.165, 1.54) is 16.7 Å². The van der Waals surface area contributed by atoms with Crippen LogP contribution < -0.4 is 5.32 Å². The Morgan fingerprint density at radius 1 is 1.24 bits per heavy atom. The van der Waals surface area contributed by atoms with E-state index in [-0.39, 0.29) is 35.2 Å². The van der Waals surface area contributed by atoms with Gasteiger partial charge in [-0.25, -0.2) is 18.2 Å². The summed E-state index contributed by atoms with van der Waals surface area (Å²) >= 11 is 1.18. The third-order valence-electron chi connectivity index (χ3n) is 3.51. The van der Waals surface area contributed by atoms with Crippen molar-refractivity contribution in [3.63, 3.8) is 0 Å². The zero-order chi connectivity index (χ0) is 18.4. The summed E-state index contributed by atoms with van der Waals surface area (Å²) in [7, 11) is -3.22. The Morgan fingerprint density at radius 2 is 1.92 bits per heavy atom. The van der Waals surface area contributed by atoms with Crippen LogP contribution >= 0.6 is 11.3 Å². The number of benzene rings is 1. The van der Waals surface area contributed by atoms with Gasteiger partial charge in [-0.1, -0.05) is 19.1 Å². The first-order valence-corrected chi connectivity index (χ1v) is 10.1. The summed E-state index contributed by atoms with van der Waals surface area (Å²) < 4.78 is 23.5. The second kappa shape index (κ2) is 8.21. The number of nitrogens with zero attached hydrogens (tertiary/aromatic N) is 1. The van der Waals surface area contributed by atoms with E-state index in [1.807, 2.05) is 0 Å². The molecule has 2 aromatic rings. The molecule has 0 fully saturated rings. The fraction of sp³-hybridized carbons (Fsp3) is 0.312. The largest absolute Gasteiger partial charge is 0.476 e. The van der Waals surface area contributed by atoms with Crippen molar-refractivity contribution in [1.82, 2.24) is 10.3 Å². The number of carboxylic acid groups (broad SMARTS) is 1. The number of sulfone groups is 1. The van der Waals surface area contributed by atoms with Gasteiger partial charge in [-0.15, -0.1) is 11.3 Å². The first-order valence-electron chi connectivity index (χ1n) is 7.58. The normalized spacial score (nSPS) is 11.2. The van der Waals surface area contributed by atoms with Crippen LogP contribution in [-0.2, 0) is 27.6 Å². The molecule has 2 N–H and O–H groups in total. The van der Waals surface area contributed by atoms with Gasteiger partial charge in [0.15, 0.2) is 15.5 Å². The maximum atomic E-state index is 11.9. The van der Waals surface area contributed by atoms with E-state index in [2.05, 4.69) is 10.3 Å². The summed E-state index contributed by atoms with van der Waals surface area (Å²) in [5.74, 6) is -1.23. The smallest absolute Gasteiger partial charge is 0.355 e. The summed E-state index contributed by atoms with van der Waals surface area (Å²) in [6.45, 7) is 1.78. The van der Waals surface area contributed by atoms with Gasteiger partial charge in [-0.3, -0.25) is 4.79 Å². The Hall–Kier alpha value is -2.26. The van der Waals surface area contributed by atoms with Crippen LogP contribution in [0.5, 0.6) is 0 Å². The monoisotopic (exact) mass is 382 g/mol. The molecule has 25 heavy (non-hydrogen) atoms. The van der Waals surface area contributed by atoms with Crippen molar-refractivity contribution in [3.05, 3.63) is 45.9 Å². The van der Waals surface area contributed by atoms with Crippen molar-refractivity contribution in [3.8, 4) is 0 Å². The molecular weight excluding hydrogens is 364 g/mol. The highest BCUT2D eigenvalue weighted by Crippen LogP contribution is 2.13. The van der Waals surface area contributed by atoms with Crippen molar-refractivity contribution in [2.45, 2.75) is 31.2 Å². The van der Waals surface area contributed by atoms with Gasteiger partial charge in [0.1, 0.15) is 5.01 Å². The van der Waals surface area contributed by atoms with E-state index in [9.17, 15) is 18.0 Å². The standard InChI is InChI=1S/C16H18N2O5S2/c1-2-25(22,23)12-6-3-11(4-7-12)5-8-14(19)17-9-15-18-13(10-24-15)16(20)21/h3-4,6-7,10H,2,5,8-9H2,1H3,(H,17,19)(H,20,21). The van der Waals surface area contributed by atoms with Gasteiger partial charge >= 0.3 is 5.97 Å². The van der Waals surface area contributed by atoms with Crippen LogP contribution in [0, 0.1) is 0 Å². The van der Waals surface area contributed by atoms with E-state index in [1.54, 1.807) is 31.2 Å². The molecule has 0 saturated heterocycles. The van der Waals surface area contributed by atoms with Gasteiger partial charge in [0.2, 0.25) is 5.91 Å². The number of aromatic nitrogens is 1. The van der Waals surface area contributed by atoms with Crippen molar-refractivity contribution < 1.29 is 23.1 Å². The Balaban J connectivity index is 1.82. The van der Waals surface area contributed by atoms with Crippen LogP contribution in [0.1, 0.15) is 34.4 Å². The average Bonchev–Trinajstić information content (AvgIpc) is 3.08. The minimum absolute atomic E-state index is 0.0311. The molecule has 1 aromatic heterocycles. The molecule has 1 aromatic carbocycles. The highest BCUT2D eigenvalue weighted by molar-refractivity contribution is 7.91. The number of thiazole rings is 1. The minimum atomic E-state index is -3.22. The zero-order valence-corrected chi connectivity index (χ0v) is 15.2. The molecule has 0 aliphatic carbocycles. The molecule has 134 valence electrons. The van der Waals surface area contributed by atoms with Crippen molar-refractivity contribution in [2.24, 2.45) is 0 Å². The zero-order valence-electron chi connectivity index (χ0n) is 13.6. The Labute approximate surface area is 149 Å². The lowest BCUT2D eigenvalue weighted by atomic mass is 10.1. The maximum Gasteiger partial charge on any atom is 0.355 e. The van der Waals surface area contributed by atoms with Gasteiger partial charge < -0.3 is 10.4 Å². The summed E-state index contributed by atoms with van der Waals surface area (Å²) in [4.78, 5) is 26.8. The summed E-state index contributed by atoms with van der Waals surface area (Å²) in [6, 6.07) is 6.51. The van der Waals surface area contributed by atoms with Crippen LogP contribution in [0.3, 0.4) is 0 Å². The predicted octanol–water partition coefficient (Wildman–Crippen LogP) is 1.88. The number of hydrogen-bond donors (Lipinski definition) is 2. The number of aromatic carboxylic acids is 1. The van der Waals surface area contributed by atoms with Crippen LogP contribution in [0.25, 0.3) is 0 Å². The molecule has 2 rings (SSSR count). The third-order valence-corrected chi connectivity index (χ3v) is 6.11. The number of amides is 1. The first-order chi connectivity index (χ1) is 11.8. The van der Waals surface area contributed by atoms with Gasteiger partial charge in [0.05, 0.1) is 17.2 Å². The molecule has 9 heteroatoms. The molecule has 7 nitrogen and oxygen atoms in total. The number of carbonyl (C=O) groups is 2. The molecule has 0 radical (unpaired) electrons. The Bertz CT molecular complexity index is 857. The van der Waals surface area contributed by atoms with E-state index in [0.717, 1.165) is 5.56 Å². The molecule has 0 unspecified atom stereocenters. The molecule has 0 aliphatic rings. The summed E-state index contributed by atoms with van der Waals surface area (Å²) in [5.41, 5.74) is 0.837. The average molecular weight is 382 g/mol. The molecular formula is C16H18N2O5S2. The fourth-order valence-electron chi connectivity index (χ4n) is 2.04. The molecule has 1 heterocycles. The van der Waals surface area contributed by atoms with Crippen LogP contribution in [0.2, 0.25) is 0 Å². The lowest BCUT2D eigenvalue weighted by molar-refractivity contribution is -0.121. The van der Waals surface area contributed by atoms with Crippen LogP contribution in [0.15, 0.2) is 34.5 Å². The molecule has 0 bridgehead atoms. The molecule has 0 spiro atoms. The first kappa shape index (κ1) is 19.1. The summed E-state index contributed by atoms with van der Waals surface area (Å²) in [6.07, 6.45) is 0.730. The van der Waals surface area contributed by atoms with Crippen molar-refractivity contribution in [1.29, 1.82) is 0 Å². The van der Waals surface area contributed by atoms with Crippen LogP contribution in [-0.4, -0.2) is 36.1 Å². The van der Waals surface area contributed by atoms with E-state index >= 15 is 0 Å². The number of aryl methyl sites for hydroxylation is 1. The van der Waals surface area contributed by atoms with Gasteiger partial charge in [-0.2, -0.15) is 0 Å². The quantitative estimate of drug-likeness (QED) is 0.721. The van der Waals surface area contributed by atoms with Gasteiger partial charge in [0.25, 0.3) is 0 Å². The SMILES string of the molecule is CCS(=O)(=O)c1ccc(CCC(=O)NCc2nc(C(=O)O)cs2)cc1. The maximum absolute atomic E-state index is 11.9. The van der Waals surface area contributed by atoms with E-state index < -0.39 is 15.8 Å². The van der Waals surface area contributed by atoms with E-state index in [0.29, 0.717) is 11.4 Å². The number of nitrogens with one attached hydrogen (secondary N) is 1. The Kier molecular flexibility index (Phi) is 6.27. The fourth-order valence-corrected chi connectivity index (χ4v) is 3.63. The second-order valence-electron chi connectivity index (χ2n) is 5.26. The lowest BCUT2D eigenvalue weighted by Crippen LogP contribution is -2.23. The van der Waals surface area contributed by atoms with Gasteiger partial charge in [0, 0.05) is 11.8 Å². The van der Waals surface area contributed by atoms with Crippen LogP contribution in [0.4, 0.5) is 0 Å². The number of rotatable bonds is 8. The topological polar surface area (TPSA) is 113 Å². The highest BCUT2D eigenvalue weighted by atomic mass is 32.2.